The van der Waals surface area contributed by atoms with Crippen LogP contribution in [0.1, 0.15) is 84.5 Å². The molecule has 4 rings (SSSR count). The number of piperidine rings is 1. The summed E-state index contributed by atoms with van der Waals surface area (Å²) in [6.45, 7) is 7.76. The van der Waals surface area contributed by atoms with E-state index in [1.165, 1.54) is 51.4 Å². The summed E-state index contributed by atoms with van der Waals surface area (Å²) in [7, 11) is 0. The van der Waals surface area contributed by atoms with Crippen molar-refractivity contribution in [2.24, 2.45) is 11.8 Å². The van der Waals surface area contributed by atoms with Crippen molar-refractivity contribution in [3.05, 3.63) is 6.20 Å². The van der Waals surface area contributed by atoms with Crippen LogP contribution in [-0.4, -0.2) is 51.0 Å². The fourth-order valence-electron chi connectivity index (χ4n) is 5.32. The van der Waals surface area contributed by atoms with Crippen molar-refractivity contribution in [3.8, 4) is 0 Å². The second kappa shape index (κ2) is 12.8. The standard InChI is InChI=1S/C26H42N6OS/c1-3-5-9-20-10-12-21(13-11-20)25(33)27-14-17-32-24-22(19-28-32)23(31-15-7-6-8-16-31)29-26(30-24)34-18-4-2/h19-21H,3-18H2,1-2H3,(H,27,33). The molecule has 1 aliphatic heterocycles. The molecule has 1 N–H and O–H groups in total. The van der Waals surface area contributed by atoms with Gasteiger partial charge in [-0.25, -0.2) is 14.6 Å². The van der Waals surface area contributed by atoms with Gasteiger partial charge in [-0.05, 0) is 57.3 Å². The van der Waals surface area contributed by atoms with Crippen LogP contribution in [0, 0.1) is 11.8 Å². The van der Waals surface area contributed by atoms with Gasteiger partial charge in [-0.1, -0.05) is 44.9 Å². The van der Waals surface area contributed by atoms with E-state index >= 15 is 0 Å². The average molecular weight is 487 g/mol. The molecule has 2 aromatic heterocycles. The second-order valence-electron chi connectivity index (χ2n) is 9.98. The van der Waals surface area contributed by atoms with Crippen molar-refractivity contribution >= 4 is 34.5 Å². The first kappa shape index (κ1) is 25.3. The van der Waals surface area contributed by atoms with Crippen molar-refractivity contribution in [3.63, 3.8) is 0 Å². The molecular formula is C26H42N6OS. The van der Waals surface area contributed by atoms with Crippen LogP contribution in [0.3, 0.4) is 0 Å². The van der Waals surface area contributed by atoms with Gasteiger partial charge in [0, 0.05) is 31.3 Å². The van der Waals surface area contributed by atoms with Gasteiger partial charge in [0.2, 0.25) is 5.91 Å². The lowest BCUT2D eigenvalue weighted by Gasteiger charge is -2.28. The first-order valence-corrected chi connectivity index (χ1v) is 14.6. The molecule has 2 fully saturated rings. The van der Waals surface area contributed by atoms with Crippen molar-refractivity contribution in [2.45, 2.75) is 96.2 Å². The maximum absolute atomic E-state index is 12.8. The lowest BCUT2D eigenvalue weighted by molar-refractivity contribution is -0.126. The normalized spacial score (nSPS) is 21.2. The van der Waals surface area contributed by atoms with Crippen LogP contribution in [-0.2, 0) is 11.3 Å². The van der Waals surface area contributed by atoms with Crippen LogP contribution in [0.5, 0.6) is 0 Å². The molecule has 1 saturated heterocycles. The highest BCUT2D eigenvalue weighted by Gasteiger charge is 2.26. The predicted molar refractivity (Wildman–Crippen MR) is 140 cm³/mol. The zero-order valence-electron chi connectivity index (χ0n) is 21.1. The minimum Gasteiger partial charge on any atom is -0.356 e. The van der Waals surface area contributed by atoms with Gasteiger partial charge in [0.05, 0.1) is 18.1 Å². The van der Waals surface area contributed by atoms with Gasteiger partial charge in [-0.3, -0.25) is 4.79 Å². The van der Waals surface area contributed by atoms with Crippen molar-refractivity contribution in [2.75, 3.05) is 30.3 Å². The summed E-state index contributed by atoms with van der Waals surface area (Å²) in [5.74, 6) is 3.26. The highest BCUT2D eigenvalue weighted by Crippen LogP contribution is 2.32. The number of carbonyl (C=O) groups is 1. The maximum atomic E-state index is 12.8. The number of anilines is 1. The number of amides is 1. The Morgan fingerprint density at radius 1 is 1.09 bits per heavy atom. The van der Waals surface area contributed by atoms with E-state index in [0.29, 0.717) is 13.1 Å². The summed E-state index contributed by atoms with van der Waals surface area (Å²) in [5.41, 5.74) is 0.889. The average Bonchev–Trinajstić information content (AvgIpc) is 3.29. The fraction of sp³-hybridized carbons (Fsp3) is 0.769. The van der Waals surface area contributed by atoms with Crippen LogP contribution in [0.25, 0.3) is 11.0 Å². The number of carbonyl (C=O) groups excluding carboxylic acids is 1. The topological polar surface area (TPSA) is 75.9 Å². The van der Waals surface area contributed by atoms with Crippen LogP contribution in [0.15, 0.2) is 11.4 Å². The van der Waals surface area contributed by atoms with E-state index in [1.54, 1.807) is 11.8 Å². The minimum absolute atomic E-state index is 0.178. The molecule has 2 aliphatic rings. The van der Waals surface area contributed by atoms with Crippen molar-refractivity contribution in [1.82, 2.24) is 25.1 Å². The minimum atomic E-state index is 0.178. The zero-order valence-corrected chi connectivity index (χ0v) is 21.9. The molecule has 0 atom stereocenters. The fourth-order valence-corrected chi connectivity index (χ4v) is 6.01. The lowest BCUT2D eigenvalue weighted by atomic mass is 9.79. The molecule has 2 aromatic rings. The Bertz CT molecular complexity index is 917. The summed E-state index contributed by atoms with van der Waals surface area (Å²) in [6.07, 6.45) is 15.1. The molecule has 0 aromatic carbocycles. The van der Waals surface area contributed by atoms with Crippen LogP contribution >= 0.6 is 11.8 Å². The first-order valence-electron chi connectivity index (χ1n) is 13.6. The quantitative estimate of drug-likeness (QED) is 0.337. The van der Waals surface area contributed by atoms with Gasteiger partial charge >= 0.3 is 0 Å². The first-order chi connectivity index (χ1) is 16.7. The van der Waals surface area contributed by atoms with E-state index in [4.69, 9.17) is 9.97 Å². The van der Waals surface area contributed by atoms with E-state index in [-0.39, 0.29) is 11.8 Å². The molecule has 34 heavy (non-hydrogen) atoms. The highest BCUT2D eigenvalue weighted by atomic mass is 32.2. The van der Waals surface area contributed by atoms with Gasteiger partial charge in [0.1, 0.15) is 5.82 Å². The van der Waals surface area contributed by atoms with Crippen molar-refractivity contribution in [1.29, 1.82) is 0 Å². The number of fused-ring (bicyclic) bond motifs is 1. The third-order valence-electron chi connectivity index (χ3n) is 7.35. The molecule has 0 unspecified atom stereocenters. The number of unbranched alkanes of at least 4 members (excludes halogenated alkanes) is 1. The van der Waals surface area contributed by atoms with Gasteiger partial charge < -0.3 is 10.2 Å². The third kappa shape index (κ3) is 6.43. The molecule has 7 nitrogen and oxygen atoms in total. The monoisotopic (exact) mass is 486 g/mol. The SMILES string of the molecule is CCCCC1CCC(C(=O)NCCn2ncc3c(N4CCCCC4)nc(SCCC)nc32)CC1. The Labute approximate surface area is 208 Å². The molecule has 0 radical (unpaired) electrons. The number of hydrogen-bond donors (Lipinski definition) is 1. The summed E-state index contributed by atoms with van der Waals surface area (Å²) >= 11 is 1.72. The Morgan fingerprint density at radius 3 is 2.62 bits per heavy atom. The van der Waals surface area contributed by atoms with E-state index in [9.17, 15) is 4.79 Å². The van der Waals surface area contributed by atoms with Gasteiger partial charge in [-0.15, -0.1) is 0 Å². The smallest absolute Gasteiger partial charge is 0.223 e. The molecule has 0 bridgehead atoms. The number of nitrogens with one attached hydrogen (secondary N) is 1. The van der Waals surface area contributed by atoms with E-state index in [2.05, 4.69) is 29.2 Å². The summed E-state index contributed by atoms with van der Waals surface area (Å²) in [4.78, 5) is 25.0. The van der Waals surface area contributed by atoms with Gasteiger partial charge in [-0.2, -0.15) is 5.10 Å². The van der Waals surface area contributed by atoms with Gasteiger partial charge in [0.15, 0.2) is 10.8 Å². The molecule has 1 aliphatic carbocycles. The number of aromatic nitrogens is 4. The lowest BCUT2D eigenvalue weighted by Crippen LogP contribution is -2.35. The Hall–Kier alpha value is -1.83. The maximum Gasteiger partial charge on any atom is 0.223 e. The Balaban J connectivity index is 1.37. The van der Waals surface area contributed by atoms with E-state index in [0.717, 1.165) is 66.0 Å². The zero-order chi connectivity index (χ0) is 23.8. The third-order valence-corrected chi connectivity index (χ3v) is 8.41. The number of thioether (sulfide) groups is 1. The molecule has 1 saturated carbocycles. The summed E-state index contributed by atoms with van der Waals surface area (Å²) in [6, 6.07) is 0. The Morgan fingerprint density at radius 2 is 1.88 bits per heavy atom. The highest BCUT2D eigenvalue weighted by molar-refractivity contribution is 7.99. The van der Waals surface area contributed by atoms with Crippen LogP contribution in [0.2, 0.25) is 0 Å². The summed E-state index contributed by atoms with van der Waals surface area (Å²) < 4.78 is 1.95. The van der Waals surface area contributed by atoms with E-state index in [1.807, 2.05) is 10.9 Å². The molecule has 3 heterocycles. The predicted octanol–water partition coefficient (Wildman–Crippen LogP) is 5.43. The van der Waals surface area contributed by atoms with E-state index < -0.39 is 0 Å². The van der Waals surface area contributed by atoms with Crippen LogP contribution < -0.4 is 10.2 Å². The van der Waals surface area contributed by atoms with Gasteiger partial charge in [0.25, 0.3) is 0 Å². The molecule has 8 heteroatoms. The Kier molecular flexibility index (Phi) is 9.48. The number of rotatable bonds is 11. The molecular weight excluding hydrogens is 444 g/mol. The number of nitrogens with zero attached hydrogens (tertiary/aromatic N) is 5. The molecule has 1 amide bonds. The second-order valence-corrected chi connectivity index (χ2v) is 11.0. The number of hydrogen-bond acceptors (Lipinski definition) is 6. The molecule has 0 spiro atoms. The summed E-state index contributed by atoms with van der Waals surface area (Å²) in [5, 5.41) is 9.69. The largest absolute Gasteiger partial charge is 0.356 e. The van der Waals surface area contributed by atoms with Crippen LogP contribution in [0.4, 0.5) is 5.82 Å². The molecule has 188 valence electrons. The van der Waals surface area contributed by atoms with Crippen molar-refractivity contribution < 1.29 is 4.79 Å².